The van der Waals surface area contributed by atoms with E-state index < -0.39 is 0 Å². The van der Waals surface area contributed by atoms with Crippen LogP contribution in [-0.2, 0) is 13.1 Å². The van der Waals surface area contributed by atoms with E-state index in [0.29, 0.717) is 0 Å². The van der Waals surface area contributed by atoms with Gasteiger partial charge in [-0.15, -0.1) is 10.2 Å². The van der Waals surface area contributed by atoms with Gasteiger partial charge in [0, 0.05) is 13.1 Å². The minimum absolute atomic E-state index is 0.894. The highest BCUT2D eigenvalue weighted by Crippen LogP contribution is 2.11. The van der Waals surface area contributed by atoms with Gasteiger partial charge in [-0.1, -0.05) is 9.39 Å². The fourth-order valence-electron chi connectivity index (χ4n) is 1.09. The Labute approximate surface area is 61.5 Å². The lowest BCUT2D eigenvalue weighted by atomic mass is 10.4. The van der Waals surface area contributed by atoms with E-state index in [1.54, 1.807) is 6.33 Å². The van der Waals surface area contributed by atoms with E-state index in [-0.39, 0.29) is 0 Å². The molecule has 1 aromatic heterocycles. The smallest absolute Gasteiger partial charge is 0.147 e. The van der Waals surface area contributed by atoms with Gasteiger partial charge in [-0.3, -0.25) is 4.67 Å². The molecule has 5 heteroatoms. The summed E-state index contributed by atoms with van der Waals surface area (Å²) in [4.78, 5) is 0. The van der Waals surface area contributed by atoms with Crippen molar-refractivity contribution in [2.45, 2.75) is 13.1 Å². The molecule has 0 N–H and O–H groups in total. The summed E-state index contributed by atoms with van der Waals surface area (Å²) in [5.74, 6) is 1.06. The maximum Gasteiger partial charge on any atom is 0.147 e. The topological polar surface area (TPSA) is 34.0 Å². The molecule has 4 nitrogen and oxygen atoms in total. The summed E-state index contributed by atoms with van der Waals surface area (Å²) in [6.07, 6.45) is 1.78. The van der Waals surface area contributed by atoms with Gasteiger partial charge in [-0.2, -0.15) is 0 Å². The first-order valence-electron chi connectivity index (χ1n) is 3.22. The molecule has 1 aromatic rings. The van der Waals surface area contributed by atoms with E-state index in [9.17, 15) is 0 Å². The number of aromatic nitrogens is 3. The van der Waals surface area contributed by atoms with Crippen LogP contribution in [0.15, 0.2) is 6.33 Å². The van der Waals surface area contributed by atoms with Gasteiger partial charge in [0.1, 0.15) is 12.2 Å². The highest BCUT2D eigenvalue weighted by atomic mass is 31.0. The van der Waals surface area contributed by atoms with Gasteiger partial charge >= 0.3 is 0 Å². The molecule has 0 saturated carbocycles. The molecule has 0 aliphatic carbocycles. The maximum atomic E-state index is 3.97. The first-order chi connectivity index (χ1) is 4.86. The second-order valence-electron chi connectivity index (χ2n) is 2.41. The number of fused-ring (bicyclic) bond motifs is 1. The molecule has 0 aromatic carbocycles. The second kappa shape index (κ2) is 2.29. The summed E-state index contributed by atoms with van der Waals surface area (Å²) in [5.41, 5.74) is 0. The van der Waals surface area contributed by atoms with Gasteiger partial charge in [0.15, 0.2) is 0 Å². The van der Waals surface area contributed by atoms with Crippen LogP contribution in [0.4, 0.5) is 0 Å². The number of rotatable bonds is 0. The van der Waals surface area contributed by atoms with E-state index >= 15 is 0 Å². The SMILES string of the molecule is PN1CCn2cnnc2C1. The summed E-state index contributed by atoms with van der Waals surface area (Å²) in [6.45, 7) is 2.96. The maximum absolute atomic E-state index is 3.97. The van der Waals surface area contributed by atoms with Crippen molar-refractivity contribution in [2.75, 3.05) is 6.54 Å². The molecule has 0 fully saturated rings. The van der Waals surface area contributed by atoms with Crippen LogP contribution < -0.4 is 0 Å². The van der Waals surface area contributed by atoms with E-state index in [1.165, 1.54) is 0 Å². The van der Waals surface area contributed by atoms with Gasteiger partial charge in [-0.05, 0) is 0 Å². The Bertz CT molecular complexity index is 233. The average Bonchev–Trinajstić information content (AvgIpc) is 2.33. The minimum Gasteiger partial charge on any atom is -0.315 e. The third kappa shape index (κ3) is 0.935. The number of hydrogen-bond acceptors (Lipinski definition) is 3. The predicted molar refractivity (Wildman–Crippen MR) is 40.1 cm³/mol. The summed E-state index contributed by atoms with van der Waals surface area (Å²) >= 11 is 0. The van der Waals surface area contributed by atoms with Crippen molar-refractivity contribution in [1.82, 2.24) is 19.4 Å². The zero-order chi connectivity index (χ0) is 6.97. The van der Waals surface area contributed by atoms with Gasteiger partial charge in [0.2, 0.25) is 0 Å². The second-order valence-corrected chi connectivity index (χ2v) is 3.14. The van der Waals surface area contributed by atoms with Gasteiger partial charge < -0.3 is 4.57 Å². The summed E-state index contributed by atoms with van der Waals surface area (Å²) < 4.78 is 4.24. The number of hydrogen-bond donors (Lipinski definition) is 0. The minimum atomic E-state index is 0.894. The lowest BCUT2D eigenvalue weighted by Gasteiger charge is -2.21. The van der Waals surface area contributed by atoms with Crippen molar-refractivity contribution in [3.8, 4) is 0 Å². The predicted octanol–water partition coefficient (Wildman–Crippen LogP) is -0.116. The molecule has 1 unspecified atom stereocenters. The van der Waals surface area contributed by atoms with Crippen LogP contribution in [0.25, 0.3) is 0 Å². The molecule has 0 saturated heterocycles. The van der Waals surface area contributed by atoms with Crippen LogP contribution in [0.5, 0.6) is 0 Å². The summed E-state index contributed by atoms with van der Waals surface area (Å²) in [7, 11) is 2.67. The lowest BCUT2D eigenvalue weighted by molar-refractivity contribution is 0.367. The van der Waals surface area contributed by atoms with Crippen molar-refractivity contribution < 1.29 is 0 Å². The molecule has 0 amide bonds. The van der Waals surface area contributed by atoms with E-state index in [2.05, 4.69) is 28.8 Å². The standard InChI is InChI=1S/C5H9N4P/c10-9-2-1-8-4-6-7-5(8)3-9/h4H,1-3,10H2. The molecule has 0 radical (unpaired) electrons. The van der Waals surface area contributed by atoms with Gasteiger partial charge in [-0.25, -0.2) is 0 Å². The Morgan fingerprint density at radius 3 is 3.30 bits per heavy atom. The van der Waals surface area contributed by atoms with Crippen LogP contribution >= 0.6 is 9.39 Å². The molecule has 10 heavy (non-hydrogen) atoms. The van der Waals surface area contributed by atoms with Crippen LogP contribution in [0, 0.1) is 0 Å². The molecule has 54 valence electrons. The Kier molecular flexibility index (Phi) is 1.43. The average molecular weight is 156 g/mol. The third-order valence-corrected chi connectivity index (χ3v) is 2.11. The quantitative estimate of drug-likeness (QED) is 0.491. The van der Waals surface area contributed by atoms with Crippen LogP contribution in [0.3, 0.4) is 0 Å². The Balaban J connectivity index is 2.30. The Morgan fingerprint density at radius 1 is 1.50 bits per heavy atom. The fourth-order valence-corrected chi connectivity index (χ4v) is 1.36. The molecule has 1 atom stereocenters. The van der Waals surface area contributed by atoms with Crippen molar-refractivity contribution in [2.24, 2.45) is 0 Å². The highest BCUT2D eigenvalue weighted by Gasteiger charge is 2.12. The molecule has 1 aliphatic heterocycles. The van der Waals surface area contributed by atoms with E-state index in [1.807, 2.05) is 0 Å². The fraction of sp³-hybridized carbons (Fsp3) is 0.600. The van der Waals surface area contributed by atoms with Crippen molar-refractivity contribution in [3.63, 3.8) is 0 Å². The normalized spacial score (nSPS) is 18.9. The third-order valence-electron chi connectivity index (χ3n) is 1.67. The van der Waals surface area contributed by atoms with E-state index in [0.717, 1.165) is 25.5 Å². The van der Waals surface area contributed by atoms with Crippen molar-refractivity contribution in [1.29, 1.82) is 0 Å². The van der Waals surface area contributed by atoms with Crippen LogP contribution in [0.2, 0.25) is 0 Å². The largest absolute Gasteiger partial charge is 0.315 e. The molecular weight excluding hydrogens is 147 g/mol. The Hall–Kier alpha value is -0.470. The van der Waals surface area contributed by atoms with Crippen molar-refractivity contribution in [3.05, 3.63) is 12.2 Å². The molecular formula is C5H9N4P. The summed E-state index contributed by atoms with van der Waals surface area (Å²) in [6, 6.07) is 0. The molecule has 0 spiro atoms. The molecule has 1 aliphatic rings. The highest BCUT2D eigenvalue weighted by molar-refractivity contribution is 7.13. The van der Waals surface area contributed by atoms with E-state index in [4.69, 9.17) is 0 Å². The van der Waals surface area contributed by atoms with Crippen LogP contribution in [-0.4, -0.2) is 26.0 Å². The molecule has 2 rings (SSSR count). The molecule has 2 heterocycles. The first-order valence-corrected chi connectivity index (χ1v) is 3.74. The zero-order valence-electron chi connectivity index (χ0n) is 5.56. The van der Waals surface area contributed by atoms with Crippen LogP contribution in [0.1, 0.15) is 5.82 Å². The molecule has 0 bridgehead atoms. The zero-order valence-corrected chi connectivity index (χ0v) is 6.72. The van der Waals surface area contributed by atoms with Gasteiger partial charge in [0.05, 0.1) is 6.54 Å². The van der Waals surface area contributed by atoms with Gasteiger partial charge in [0.25, 0.3) is 0 Å². The first kappa shape index (κ1) is 6.25. The monoisotopic (exact) mass is 156 g/mol. The van der Waals surface area contributed by atoms with Crippen molar-refractivity contribution >= 4 is 9.39 Å². The Morgan fingerprint density at radius 2 is 2.40 bits per heavy atom. The summed E-state index contributed by atoms with van der Waals surface area (Å²) in [5, 5.41) is 7.78. The lowest BCUT2D eigenvalue weighted by Crippen LogP contribution is -2.25. The number of nitrogens with zero attached hydrogens (tertiary/aromatic N) is 4.